The molecule has 0 spiro atoms. The van der Waals surface area contributed by atoms with E-state index in [4.69, 9.17) is 0 Å². The molecule has 0 heteroatoms. The highest BCUT2D eigenvalue weighted by atomic mass is 14.3. The average Bonchev–Trinajstić information content (AvgIpc) is 1.85. The van der Waals surface area contributed by atoms with E-state index < -0.39 is 0 Å². The molecule has 0 aliphatic heterocycles. The van der Waals surface area contributed by atoms with Gasteiger partial charge in [0.2, 0.25) is 0 Å². The molecule has 0 aromatic carbocycles. The zero-order valence-electron chi connectivity index (χ0n) is 9.31. The SMILES string of the molecule is CC=CC=CC(C)(C)C(C)(C)C. The molecule has 0 N–H and O–H groups in total. The number of hydrogen-bond acceptors (Lipinski definition) is 0. The van der Waals surface area contributed by atoms with E-state index in [9.17, 15) is 0 Å². The maximum Gasteiger partial charge on any atom is -0.0123 e. The van der Waals surface area contributed by atoms with Gasteiger partial charge in [0.05, 0.1) is 0 Å². The van der Waals surface area contributed by atoms with Crippen molar-refractivity contribution >= 4 is 0 Å². The van der Waals surface area contributed by atoms with Gasteiger partial charge in [-0.3, -0.25) is 0 Å². The van der Waals surface area contributed by atoms with Gasteiger partial charge in [0.25, 0.3) is 0 Å². The van der Waals surface area contributed by atoms with Crippen LogP contribution >= 0.6 is 0 Å². The summed E-state index contributed by atoms with van der Waals surface area (Å²) in [6.07, 6.45) is 8.53. The lowest BCUT2D eigenvalue weighted by Crippen LogP contribution is -2.27. The zero-order valence-corrected chi connectivity index (χ0v) is 9.31. The summed E-state index contributed by atoms with van der Waals surface area (Å²) >= 11 is 0. The first kappa shape index (κ1) is 11.5. The number of hydrogen-bond donors (Lipinski definition) is 0. The van der Waals surface area contributed by atoms with E-state index in [1.54, 1.807) is 0 Å². The topological polar surface area (TPSA) is 0 Å². The first-order valence-corrected chi connectivity index (χ1v) is 4.62. The maximum atomic E-state index is 2.27. The van der Waals surface area contributed by atoms with Crippen LogP contribution in [0.4, 0.5) is 0 Å². The Morgan fingerprint density at radius 1 is 0.833 bits per heavy atom. The van der Waals surface area contributed by atoms with E-state index >= 15 is 0 Å². The van der Waals surface area contributed by atoms with Crippen molar-refractivity contribution < 1.29 is 0 Å². The Morgan fingerprint density at radius 3 is 1.67 bits per heavy atom. The first-order chi connectivity index (χ1) is 5.31. The molecule has 70 valence electrons. The van der Waals surface area contributed by atoms with Crippen LogP contribution in [0.3, 0.4) is 0 Å². The fourth-order valence-electron chi connectivity index (χ4n) is 0.657. The molecule has 0 aromatic rings. The molecule has 0 amide bonds. The quantitative estimate of drug-likeness (QED) is 0.539. The maximum absolute atomic E-state index is 2.27. The summed E-state index contributed by atoms with van der Waals surface area (Å²) in [5.41, 5.74) is 0.581. The van der Waals surface area contributed by atoms with Gasteiger partial charge in [0, 0.05) is 0 Å². The lowest BCUT2D eigenvalue weighted by Gasteiger charge is -2.36. The molecule has 0 aromatic heterocycles. The van der Waals surface area contributed by atoms with E-state index in [0.29, 0.717) is 5.41 Å². The molecule has 0 saturated carbocycles. The largest absolute Gasteiger partial charge is 0.0877 e. The van der Waals surface area contributed by atoms with Gasteiger partial charge in [0.1, 0.15) is 0 Å². The third-order valence-corrected chi connectivity index (χ3v) is 2.75. The summed E-state index contributed by atoms with van der Waals surface area (Å²) in [4.78, 5) is 0. The number of allylic oxidation sites excluding steroid dienone is 4. The summed E-state index contributed by atoms with van der Waals surface area (Å²) in [5, 5.41) is 0. The molecule has 0 aliphatic carbocycles. The highest BCUT2D eigenvalue weighted by molar-refractivity contribution is 5.08. The van der Waals surface area contributed by atoms with Crippen molar-refractivity contribution in [1.82, 2.24) is 0 Å². The third-order valence-electron chi connectivity index (χ3n) is 2.75. The second-order valence-electron chi connectivity index (χ2n) is 4.86. The molecule has 0 bridgehead atoms. The second-order valence-corrected chi connectivity index (χ2v) is 4.86. The van der Waals surface area contributed by atoms with Crippen LogP contribution in [0.5, 0.6) is 0 Å². The van der Waals surface area contributed by atoms with Gasteiger partial charge in [-0.25, -0.2) is 0 Å². The van der Waals surface area contributed by atoms with Crippen LogP contribution in [-0.2, 0) is 0 Å². The van der Waals surface area contributed by atoms with Gasteiger partial charge < -0.3 is 0 Å². The Morgan fingerprint density at radius 2 is 1.33 bits per heavy atom. The van der Waals surface area contributed by atoms with E-state index in [1.807, 2.05) is 6.92 Å². The molecule has 0 atom stereocenters. The molecular formula is C12H22. The molecule has 12 heavy (non-hydrogen) atoms. The standard InChI is InChI=1S/C12H22/c1-7-8-9-10-12(5,6)11(2,3)4/h7-10H,1-6H3. The highest BCUT2D eigenvalue weighted by Gasteiger charge is 2.29. The molecular weight excluding hydrogens is 144 g/mol. The van der Waals surface area contributed by atoms with Crippen LogP contribution in [0.15, 0.2) is 24.3 Å². The number of rotatable bonds is 2. The minimum Gasteiger partial charge on any atom is -0.0877 e. The molecule has 0 radical (unpaired) electrons. The van der Waals surface area contributed by atoms with E-state index in [1.165, 1.54) is 0 Å². The van der Waals surface area contributed by atoms with Crippen LogP contribution < -0.4 is 0 Å². The minimum atomic E-state index is 0.256. The van der Waals surface area contributed by atoms with Gasteiger partial charge in [-0.05, 0) is 17.8 Å². The molecule has 0 nitrogen and oxygen atoms in total. The van der Waals surface area contributed by atoms with Crippen LogP contribution in [0, 0.1) is 10.8 Å². The lowest BCUT2D eigenvalue weighted by molar-refractivity contribution is 0.193. The Kier molecular flexibility index (Phi) is 3.76. The lowest BCUT2D eigenvalue weighted by atomic mass is 9.69. The van der Waals surface area contributed by atoms with Crippen molar-refractivity contribution in [2.24, 2.45) is 10.8 Å². The van der Waals surface area contributed by atoms with Crippen LogP contribution in [0.1, 0.15) is 41.5 Å². The van der Waals surface area contributed by atoms with Gasteiger partial charge in [-0.15, -0.1) is 0 Å². The summed E-state index contributed by atoms with van der Waals surface area (Å²) in [5.74, 6) is 0. The van der Waals surface area contributed by atoms with Crippen molar-refractivity contribution in [2.75, 3.05) is 0 Å². The molecule has 0 saturated heterocycles. The Balaban J connectivity index is 4.42. The third kappa shape index (κ3) is 3.25. The van der Waals surface area contributed by atoms with Crippen LogP contribution in [0.2, 0.25) is 0 Å². The fraction of sp³-hybridized carbons (Fsp3) is 0.667. The van der Waals surface area contributed by atoms with E-state index in [0.717, 1.165) is 0 Å². The summed E-state index contributed by atoms with van der Waals surface area (Å²) in [7, 11) is 0. The van der Waals surface area contributed by atoms with Crippen molar-refractivity contribution in [2.45, 2.75) is 41.5 Å². The average molecular weight is 166 g/mol. The Hall–Kier alpha value is -0.520. The molecule has 0 rings (SSSR count). The van der Waals surface area contributed by atoms with Crippen molar-refractivity contribution in [1.29, 1.82) is 0 Å². The molecule has 0 unspecified atom stereocenters. The van der Waals surface area contributed by atoms with Crippen LogP contribution in [-0.4, -0.2) is 0 Å². The predicted molar refractivity (Wildman–Crippen MR) is 57.2 cm³/mol. The Labute approximate surface area is 77.4 Å². The zero-order chi connectivity index (χ0) is 9.83. The van der Waals surface area contributed by atoms with Gasteiger partial charge >= 0.3 is 0 Å². The Bertz CT molecular complexity index is 175. The normalized spacial score (nSPS) is 14.8. The molecule has 0 heterocycles. The van der Waals surface area contributed by atoms with Gasteiger partial charge in [-0.2, -0.15) is 0 Å². The molecule has 0 aliphatic rings. The first-order valence-electron chi connectivity index (χ1n) is 4.62. The summed E-state index contributed by atoms with van der Waals surface area (Å²) in [6.45, 7) is 13.4. The predicted octanol–water partition coefficient (Wildman–Crippen LogP) is 4.19. The fourth-order valence-corrected chi connectivity index (χ4v) is 0.657. The van der Waals surface area contributed by atoms with Gasteiger partial charge in [-0.1, -0.05) is 58.9 Å². The minimum absolute atomic E-state index is 0.256. The van der Waals surface area contributed by atoms with Crippen molar-refractivity contribution in [3.63, 3.8) is 0 Å². The van der Waals surface area contributed by atoms with E-state index in [-0.39, 0.29) is 5.41 Å². The summed E-state index contributed by atoms with van der Waals surface area (Å²) in [6, 6.07) is 0. The molecule has 0 fully saturated rings. The highest BCUT2D eigenvalue weighted by Crippen LogP contribution is 2.38. The van der Waals surface area contributed by atoms with Crippen LogP contribution in [0.25, 0.3) is 0 Å². The van der Waals surface area contributed by atoms with E-state index in [2.05, 4.69) is 58.9 Å². The van der Waals surface area contributed by atoms with Gasteiger partial charge in [0.15, 0.2) is 0 Å². The van der Waals surface area contributed by atoms with Crippen molar-refractivity contribution in [3.05, 3.63) is 24.3 Å². The summed E-state index contributed by atoms with van der Waals surface area (Å²) < 4.78 is 0. The monoisotopic (exact) mass is 166 g/mol. The smallest absolute Gasteiger partial charge is 0.0123 e. The second kappa shape index (κ2) is 3.93. The van der Waals surface area contributed by atoms with Crippen molar-refractivity contribution in [3.8, 4) is 0 Å².